The summed E-state index contributed by atoms with van der Waals surface area (Å²) in [6, 6.07) is 54.0. The third kappa shape index (κ3) is 4.92. The quantitative estimate of drug-likeness (QED) is 0.175. The number of aromatic nitrogens is 5. The van der Waals surface area contributed by atoms with E-state index in [1.165, 1.54) is 42.1 Å². The van der Waals surface area contributed by atoms with E-state index < -0.39 is 5.41 Å². The molecule has 0 N–H and O–H groups in total. The second kappa shape index (κ2) is 13.1. The first-order chi connectivity index (χ1) is 28.8. The molecule has 1 aliphatic carbocycles. The molecule has 0 radical (unpaired) electrons. The van der Waals surface area contributed by atoms with Gasteiger partial charge in [0.25, 0.3) is 0 Å². The molecule has 0 fully saturated rings. The number of nitrogens with zero attached hydrogens (tertiary/aromatic N) is 6. The molecule has 1 atom stereocenters. The number of pyridine rings is 5. The predicted octanol–water partition coefficient (Wildman–Crippen LogP) is 12.4. The molecule has 1 spiro atoms. The van der Waals surface area contributed by atoms with Crippen molar-refractivity contribution in [3.8, 4) is 45.2 Å². The highest BCUT2D eigenvalue weighted by Crippen LogP contribution is 2.65. The van der Waals surface area contributed by atoms with Gasteiger partial charge < -0.3 is 4.90 Å². The van der Waals surface area contributed by atoms with Crippen LogP contribution in [0.3, 0.4) is 0 Å². The summed E-state index contributed by atoms with van der Waals surface area (Å²) in [5.41, 5.74) is 14.8. The fourth-order valence-electron chi connectivity index (χ4n) is 8.90. The predicted molar refractivity (Wildman–Crippen MR) is 232 cm³/mol. The van der Waals surface area contributed by atoms with Crippen molar-refractivity contribution in [1.82, 2.24) is 24.9 Å². The molecule has 58 heavy (non-hydrogen) atoms. The molecule has 272 valence electrons. The molecule has 0 bridgehead atoms. The van der Waals surface area contributed by atoms with E-state index in [0.29, 0.717) is 0 Å². The van der Waals surface area contributed by atoms with E-state index >= 15 is 0 Å². The SMILES string of the molecule is c1ccc(N2c3ccccc3Sc3c2ccc2c3Sc3ccccc3C23c2cccnc2-c2nc(-c4cc(-c5cccnc5)nc(-c5cccnc5)c4)ccc23)cc1. The van der Waals surface area contributed by atoms with Crippen molar-refractivity contribution in [1.29, 1.82) is 0 Å². The minimum Gasteiger partial charge on any atom is -0.308 e. The van der Waals surface area contributed by atoms with Crippen LogP contribution < -0.4 is 4.90 Å². The van der Waals surface area contributed by atoms with Crippen molar-refractivity contribution >= 4 is 40.6 Å². The molecule has 12 rings (SSSR count). The minimum atomic E-state index is -0.633. The van der Waals surface area contributed by atoms with Crippen LogP contribution in [0, 0.1) is 0 Å². The first-order valence-electron chi connectivity index (χ1n) is 19.1. The van der Waals surface area contributed by atoms with Crippen molar-refractivity contribution in [2.45, 2.75) is 25.0 Å². The van der Waals surface area contributed by atoms with Crippen LogP contribution >= 0.6 is 23.5 Å². The van der Waals surface area contributed by atoms with E-state index in [2.05, 4.69) is 142 Å². The van der Waals surface area contributed by atoms with E-state index in [0.717, 1.165) is 62.0 Å². The molecule has 8 heteroatoms. The lowest BCUT2D eigenvalue weighted by Gasteiger charge is -2.42. The molecule has 6 nitrogen and oxygen atoms in total. The summed E-state index contributed by atoms with van der Waals surface area (Å²) in [5, 5.41) is 0. The van der Waals surface area contributed by atoms with Gasteiger partial charge in [0.05, 0.1) is 50.2 Å². The Morgan fingerprint density at radius 2 is 1.09 bits per heavy atom. The molecule has 5 aromatic heterocycles. The Hall–Kier alpha value is -6.87. The Labute approximate surface area is 343 Å². The van der Waals surface area contributed by atoms with Crippen molar-refractivity contribution in [2.24, 2.45) is 0 Å². The lowest BCUT2D eigenvalue weighted by molar-refractivity contribution is 0.711. The molecule has 2 aliphatic heterocycles. The molecule has 3 aliphatic rings. The van der Waals surface area contributed by atoms with Crippen molar-refractivity contribution in [3.05, 3.63) is 205 Å². The van der Waals surface area contributed by atoms with Gasteiger partial charge in [0, 0.05) is 68.0 Å². The van der Waals surface area contributed by atoms with E-state index in [9.17, 15) is 0 Å². The third-order valence-electron chi connectivity index (χ3n) is 11.3. The molecule has 4 aromatic carbocycles. The number of benzene rings is 4. The molecule has 0 saturated carbocycles. The van der Waals surface area contributed by atoms with E-state index in [1.807, 2.05) is 66.4 Å². The zero-order valence-electron chi connectivity index (χ0n) is 30.8. The maximum Gasteiger partial charge on any atom is 0.0945 e. The summed E-state index contributed by atoms with van der Waals surface area (Å²) < 4.78 is 0. The molecular formula is C50H30N6S2. The second-order valence-corrected chi connectivity index (χ2v) is 16.6. The molecule has 0 amide bonds. The first-order valence-corrected chi connectivity index (χ1v) is 20.8. The number of anilines is 3. The van der Waals surface area contributed by atoms with Gasteiger partial charge >= 0.3 is 0 Å². The molecule has 1 unspecified atom stereocenters. The number of hydrogen-bond donors (Lipinski definition) is 0. The van der Waals surface area contributed by atoms with Gasteiger partial charge in [-0.25, -0.2) is 9.97 Å². The Balaban J connectivity index is 1.09. The summed E-state index contributed by atoms with van der Waals surface area (Å²) in [4.78, 5) is 31.9. The van der Waals surface area contributed by atoms with E-state index in [4.69, 9.17) is 15.0 Å². The van der Waals surface area contributed by atoms with Crippen LogP contribution in [0.15, 0.2) is 202 Å². The van der Waals surface area contributed by atoms with Gasteiger partial charge in [-0.15, -0.1) is 0 Å². The van der Waals surface area contributed by atoms with E-state index in [1.54, 1.807) is 12.4 Å². The summed E-state index contributed by atoms with van der Waals surface area (Å²) >= 11 is 3.74. The zero-order chi connectivity index (χ0) is 38.2. The summed E-state index contributed by atoms with van der Waals surface area (Å²) in [5.74, 6) is 0. The summed E-state index contributed by atoms with van der Waals surface area (Å²) in [6.07, 6.45) is 9.16. The van der Waals surface area contributed by atoms with Gasteiger partial charge in [0.15, 0.2) is 0 Å². The van der Waals surface area contributed by atoms with Gasteiger partial charge in [-0.3, -0.25) is 15.0 Å². The normalized spacial score (nSPS) is 15.5. The highest BCUT2D eigenvalue weighted by Gasteiger charge is 2.52. The van der Waals surface area contributed by atoms with Gasteiger partial charge in [0.1, 0.15) is 0 Å². The smallest absolute Gasteiger partial charge is 0.0945 e. The Kier molecular flexibility index (Phi) is 7.51. The largest absolute Gasteiger partial charge is 0.308 e. The first kappa shape index (κ1) is 33.3. The van der Waals surface area contributed by atoms with Crippen molar-refractivity contribution < 1.29 is 0 Å². The Bertz CT molecular complexity index is 3030. The van der Waals surface area contributed by atoms with Gasteiger partial charge in [0.2, 0.25) is 0 Å². The summed E-state index contributed by atoms with van der Waals surface area (Å²) in [6.45, 7) is 0. The van der Waals surface area contributed by atoms with Gasteiger partial charge in [-0.05, 0) is 107 Å². The highest BCUT2D eigenvalue weighted by atomic mass is 32.2. The average molecular weight is 779 g/mol. The second-order valence-electron chi connectivity index (χ2n) is 14.5. The number of hydrogen-bond acceptors (Lipinski definition) is 8. The molecule has 9 aromatic rings. The number of fused-ring (bicyclic) bond motifs is 12. The van der Waals surface area contributed by atoms with Crippen LogP contribution in [-0.2, 0) is 5.41 Å². The molecule has 0 saturated heterocycles. The van der Waals surface area contributed by atoms with Crippen LogP contribution in [0.25, 0.3) is 45.2 Å². The van der Waals surface area contributed by atoms with E-state index in [-0.39, 0.29) is 0 Å². The topological polar surface area (TPSA) is 67.7 Å². The fourth-order valence-corrected chi connectivity index (χ4v) is 11.5. The highest BCUT2D eigenvalue weighted by molar-refractivity contribution is 8.02. The van der Waals surface area contributed by atoms with Gasteiger partial charge in [-0.1, -0.05) is 90.3 Å². The Morgan fingerprint density at radius 3 is 1.86 bits per heavy atom. The summed E-state index contributed by atoms with van der Waals surface area (Å²) in [7, 11) is 0. The molecule has 7 heterocycles. The van der Waals surface area contributed by atoms with Crippen LogP contribution in [0.5, 0.6) is 0 Å². The fraction of sp³-hybridized carbons (Fsp3) is 0.0200. The average Bonchev–Trinajstić information content (AvgIpc) is 3.59. The monoisotopic (exact) mass is 778 g/mol. The standard InChI is InChI=1S/C50H30N6S2/c1-2-13-34(14-3-1)56-42-17-5-7-19-45(42)58-49-43(56)23-21-38-48(49)57-44-18-6-4-15-35(44)50(38)36-16-10-26-53-46(36)47-37(50)20-22-39(55-47)33-27-40(31-11-8-24-51-29-31)54-41(28-33)32-12-9-25-52-30-32/h1-30H. The number of rotatable bonds is 4. The van der Waals surface area contributed by atoms with Crippen LogP contribution in [0.1, 0.15) is 22.3 Å². The zero-order valence-corrected chi connectivity index (χ0v) is 32.5. The van der Waals surface area contributed by atoms with Crippen molar-refractivity contribution in [3.63, 3.8) is 0 Å². The maximum atomic E-state index is 5.56. The van der Waals surface area contributed by atoms with Crippen molar-refractivity contribution in [2.75, 3.05) is 4.90 Å². The lowest BCUT2D eigenvalue weighted by atomic mass is 9.67. The minimum absolute atomic E-state index is 0.633. The third-order valence-corrected chi connectivity index (χ3v) is 13.9. The lowest BCUT2D eigenvalue weighted by Crippen LogP contribution is -2.32. The van der Waals surface area contributed by atoms with Crippen LogP contribution in [0.4, 0.5) is 17.1 Å². The Morgan fingerprint density at radius 1 is 0.431 bits per heavy atom. The number of para-hydroxylation sites is 2. The van der Waals surface area contributed by atoms with Crippen LogP contribution in [0.2, 0.25) is 0 Å². The van der Waals surface area contributed by atoms with Crippen LogP contribution in [-0.4, -0.2) is 24.9 Å². The maximum absolute atomic E-state index is 5.56. The molecular weight excluding hydrogens is 749 g/mol. The van der Waals surface area contributed by atoms with Gasteiger partial charge in [-0.2, -0.15) is 0 Å².